The lowest BCUT2D eigenvalue weighted by Crippen LogP contribution is -2.37. The van der Waals surface area contributed by atoms with Crippen LogP contribution in [0, 0.1) is 5.92 Å². The predicted octanol–water partition coefficient (Wildman–Crippen LogP) is 0.497. The number of rotatable bonds is 3. The number of Topliss-reactive ketones (excluding diaryl/α,β-unsaturated/α-hetero) is 2. The Hall–Kier alpha value is -2.43. The average Bonchev–Trinajstić information content (AvgIpc) is 2.40. The SMILES string of the molecule is CCC(C(=O)[O-])C1=C(O)c2ccccc2C(=O)C1=O. The number of carbonyl (C=O) groups is 3. The molecule has 1 aromatic carbocycles. The third-order valence-electron chi connectivity index (χ3n) is 3.17. The Bertz CT molecular complexity index is 612. The zero-order valence-corrected chi connectivity index (χ0v) is 10.2. The van der Waals surface area contributed by atoms with E-state index in [2.05, 4.69) is 0 Å². The number of aliphatic hydroxyl groups excluding tert-OH is 1. The lowest BCUT2D eigenvalue weighted by atomic mass is 9.81. The maximum absolute atomic E-state index is 11.9. The van der Waals surface area contributed by atoms with Crippen LogP contribution < -0.4 is 5.11 Å². The van der Waals surface area contributed by atoms with Gasteiger partial charge in [0.15, 0.2) is 0 Å². The molecule has 0 saturated carbocycles. The zero-order valence-electron chi connectivity index (χ0n) is 10.2. The Morgan fingerprint density at radius 2 is 1.79 bits per heavy atom. The van der Waals surface area contributed by atoms with Crippen LogP contribution in [0.1, 0.15) is 29.3 Å². The first-order chi connectivity index (χ1) is 8.99. The molecule has 98 valence electrons. The zero-order chi connectivity index (χ0) is 14.2. The minimum Gasteiger partial charge on any atom is -0.549 e. The number of benzene rings is 1. The van der Waals surface area contributed by atoms with Crippen LogP contribution in [-0.2, 0) is 9.59 Å². The van der Waals surface area contributed by atoms with Gasteiger partial charge in [-0.2, -0.15) is 0 Å². The normalized spacial score (nSPS) is 16.3. The summed E-state index contributed by atoms with van der Waals surface area (Å²) in [7, 11) is 0. The van der Waals surface area contributed by atoms with Crippen molar-refractivity contribution in [3.63, 3.8) is 0 Å². The predicted molar refractivity (Wildman–Crippen MR) is 64.1 cm³/mol. The molecule has 1 unspecified atom stereocenters. The summed E-state index contributed by atoms with van der Waals surface area (Å²) in [6.07, 6.45) is 0.0584. The second-order valence-electron chi connectivity index (χ2n) is 4.25. The number of carboxylic acids is 1. The van der Waals surface area contributed by atoms with Gasteiger partial charge in [0.2, 0.25) is 11.6 Å². The van der Waals surface area contributed by atoms with E-state index in [1.54, 1.807) is 19.1 Å². The molecule has 5 heteroatoms. The molecular weight excluding hydrogens is 248 g/mol. The molecule has 0 saturated heterocycles. The van der Waals surface area contributed by atoms with Gasteiger partial charge < -0.3 is 15.0 Å². The Labute approximate surface area is 109 Å². The Kier molecular flexibility index (Phi) is 3.21. The number of carbonyl (C=O) groups excluding carboxylic acids is 3. The monoisotopic (exact) mass is 259 g/mol. The summed E-state index contributed by atoms with van der Waals surface area (Å²) in [4.78, 5) is 34.9. The van der Waals surface area contributed by atoms with Crippen LogP contribution in [0.2, 0.25) is 0 Å². The molecule has 0 bridgehead atoms. The van der Waals surface area contributed by atoms with E-state index in [4.69, 9.17) is 0 Å². The fraction of sp³-hybridized carbons (Fsp3) is 0.214. The van der Waals surface area contributed by atoms with Gasteiger partial charge in [-0.25, -0.2) is 0 Å². The van der Waals surface area contributed by atoms with Crippen LogP contribution in [0.3, 0.4) is 0 Å². The highest BCUT2D eigenvalue weighted by Gasteiger charge is 2.36. The smallest absolute Gasteiger partial charge is 0.234 e. The molecule has 0 fully saturated rings. The molecule has 0 amide bonds. The summed E-state index contributed by atoms with van der Waals surface area (Å²) >= 11 is 0. The van der Waals surface area contributed by atoms with Crippen molar-refractivity contribution in [1.82, 2.24) is 0 Å². The standard InChI is InChI=1S/C14H12O5/c1-2-7(14(18)19)10-11(15)8-5-3-4-6-9(8)12(16)13(10)17/h3-7,15H,2H2,1H3,(H,18,19)/p-1. The van der Waals surface area contributed by atoms with Gasteiger partial charge in [-0.15, -0.1) is 0 Å². The second kappa shape index (κ2) is 4.68. The summed E-state index contributed by atoms with van der Waals surface area (Å²) in [5, 5.41) is 21.1. The molecule has 19 heavy (non-hydrogen) atoms. The molecule has 1 aromatic rings. The fourth-order valence-electron chi connectivity index (χ4n) is 2.20. The van der Waals surface area contributed by atoms with Crippen molar-refractivity contribution in [2.24, 2.45) is 5.92 Å². The van der Waals surface area contributed by atoms with E-state index >= 15 is 0 Å². The minimum absolute atomic E-state index is 0.0584. The van der Waals surface area contributed by atoms with Crippen LogP contribution in [0.15, 0.2) is 29.8 Å². The van der Waals surface area contributed by atoms with E-state index in [0.29, 0.717) is 0 Å². The molecular formula is C14H11O5-. The van der Waals surface area contributed by atoms with Crippen molar-refractivity contribution in [2.75, 3.05) is 0 Å². The van der Waals surface area contributed by atoms with E-state index in [1.165, 1.54) is 12.1 Å². The molecule has 2 rings (SSSR count). The van der Waals surface area contributed by atoms with Gasteiger partial charge in [-0.05, 0) is 6.42 Å². The number of hydrogen-bond donors (Lipinski definition) is 1. The third-order valence-corrected chi connectivity index (χ3v) is 3.17. The van der Waals surface area contributed by atoms with Crippen molar-refractivity contribution in [3.05, 3.63) is 41.0 Å². The molecule has 0 aromatic heterocycles. The molecule has 1 N–H and O–H groups in total. The maximum Gasteiger partial charge on any atom is 0.234 e. The molecule has 0 aliphatic heterocycles. The van der Waals surface area contributed by atoms with Crippen LogP contribution >= 0.6 is 0 Å². The number of carboxylic acid groups (broad SMARTS) is 1. The molecule has 0 radical (unpaired) electrons. The van der Waals surface area contributed by atoms with E-state index in [-0.39, 0.29) is 23.1 Å². The van der Waals surface area contributed by atoms with Gasteiger partial charge in [0, 0.05) is 23.0 Å². The van der Waals surface area contributed by atoms with Crippen LogP contribution in [-0.4, -0.2) is 22.6 Å². The third kappa shape index (κ3) is 1.93. The Morgan fingerprint density at radius 3 is 2.32 bits per heavy atom. The molecule has 0 spiro atoms. The molecule has 0 heterocycles. The van der Waals surface area contributed by atoms with Crippen molar-refractivity contribution in [1.29, 1.82) is 0 Å². The van der Waals surface area contributed by atoms with Gasteiger partial charge in [0.25, 0.3) is 0 Å². The second-order valence-corrected chi connectivity index (χ2v) is 4.25. The highest BCUT2D eigenvalue weighted by atomic mass is 16.4. The Morgan fingerprint density at radius 1 is 1.21 bits per heavy atom. The van der Waals surface area contributed by atoms with E-state index in [1.807, 2.05) is 0 Å². The largest absolute Gasteiger partial charge is 0.549 e. The first kappa shape index (κ1) is 13.0. The van der Waals surface area contributed by atoms with Crippen LogP contribution in [0.4, 0.5) is 0 Å². The van der Waals surface area contributed by atoms with Crippen LogP contribution in [0.25, 0.3) is 5.76 Å². The number of fused-ring (bicyclic) bond motifs is 1. The average molecular weight is 259 g/mol. The summed E-state index contributed by atoms with van der Waals surface area (Å²) in [5.74, 6) is -5.00. The fourth-order valence-corrected chi connectivity index (χ4v) is 2.20. The van der Waals surface area contributed by atoms with Gasteiger partial charge in [-0.1, -0.05) is 31.2 Å². The summed E-state index contributed by atoms with van der Waals surface area (Å²) < 4.78 is 0. The highest BCUT2D eigenvalue weighted by Crippen LogP contribution is 2.32. The summed E-state index contributed by atoms with van der Waals surface area (Å²) in [5.41, 5.74) is -0.116. The number of ketones is 2. The van der Waals surface area contributed by atoms with Gasteiger partial charge >= 0.3 is 0 Å². The quantitative estimate of drug-likeness (QED) is 0.797. The number of aliphatic carboxylic acids is 1. The van der Waals surface area contributed by atoms with E-state index in [9.17, 15) is 24.6 Å². The van der Waals surface area contributed by atoms with E-state index < -0.39 is 29.2 Å². The highest BCUT2D eigenvalue weighted by molar-refractivity contribution is 6.52. The summed E-state index contributed by atoms with van der Waals surface area (Å²) in [6.45, 7) is 1.54. The van der Waals surface area contributed by atoms with Crippen molar-refractivity contribution >= 4 is 23.3 Å². The number of hydrogen-bond acceptors (Lipinski definition) is 5. The van der Waals surface area contributed by atoms with Gasteiger partial charge in [-0.3, -0.25) is 9.59 Å². The van der Waals surface area contributed by atoms with Gasteiger partial charge in [0.1, 0.15) is 5.76 Å². The topological polar surface area (TPSA) is 94.5 Å². The maximum atomic E-state index is 11.9. The molecule has 1 aliphatic rings. The number of aliphatic hydroxyl groups is 1. The molecule has 5 nitrogen and oxygen atoms in total. The van der Waals surface area contributed by atoms with Crippen LogP contribution in [0.5, 0.6) is 0 Å². The molecule has 1 atom stereocenters. The molecule has 1 aliphatic carbocycles. The lowest BCUT2D eigenvalue weighted by Gasteiger charge is -2.24. The van der Waals surface area contributed by atoms with Gasteiger partial charge in [0.05, 0.1) is 5.57 Å². The first-order valence-corrected chi connectivity index (χ1v) is 5.81. The van der Waals surface area contributed by atoms with Crippen molar-refractivity contribution in [3.8, 4) is 0 Å². The first-order valence-electron chi connectivity index (χ1n) is 5.81. The minimum atomic E-state index is -1.48. The lowest BCUT2D eigenvalue weighted by molar-refractivity contribution is -0.310. The Balaban J connectivity index is 2.69. The van der Waals surface area contributed by atoms with E-state index in [0.717, 1.165) is 0 Å². The summed E-state index contributed by atoms with van der Waals surface area (Å²) in [6, 6.07) is 6.05. The van der Waals surface area contributed by atoms with Crippen molar-refractivity contribution in [2.45, 2.75) is 13.3 Å². The van der Waals surface area contributed by atoms with Crippen molar-refractivity contribution < 1.29 is 24.6 Å².